The van der Waals surface area contributed by atoms with Crippen LogP contribution in [0.5, 0.6) is 0 Å². The fourth-order valence-corrected chi connectivity index (χ4v) is 2.71. The van der Waals surface area contributed by atoms with Gasteiger partial charge in [-0.15, -0.1) is 0 Å². The van der Waals surface area contributed by atoms with E-state index in [1.165, 1.54) is 16.7 Å². The van der Waals surface area contributed by atoms with Crippen molar-refractivity contribution in [1.82, 2.24) is 0 Å². The SMILES string of the molecule is C/C1=C/C=C(/C(C)C)[C@@H](O)C/C(C)=C/CC/C(C)=C/CC1. The van der Waals surface area contributed by atoms with Crippen LogP contribution in [0, 0.1) is 5.92 Å². The van der Waals surface area contributed by atoms with Crippen LogP contribution in [0.2, 0.25) is 0 Å². The molecular weight excluding hydrogens is 256 g/mol. The van der Waals surface area contributed by atoms with E-state index in [-0.39, 0.29) is 6.10 Å². The molecule has 1 rings (SSSR count). The molecule has 0 aromatic carbocycles. The number of aliphatic hydroxyl groups is 1. The normalized spacial score (nSPS) is 32.8. The van der Waals surface area contributed by atoms with Crippen molar-refractivity contribution in [3.63, 3.8) is 0 Å². The van der Waals surface area contributed by atoms with Crippen LogP contribution in [-0.2, 0) is 0 Å². The molecule has 0 aliphatic heterocycles. The molecule has 21 heavy (non-hydrogen) atoms. The molecule has 0 heterocycles. The average molecular weight is 288 g/mol. The van der Waals surface area contributed by atoms with Crippen LogP contribution < -0.4 is 0 Å². The van der Waals surface area contributed by atoms with Gasteiger partial charge in [0, 0.05) is 0 Å². The van der Waals surface area contributed by atoms with E-state index in [0.29, 0.717) is 5.92 Å². The van der Waals surface area contributed by atoms with Crippen molar-refractivity contribution in [2.75, 3.05) is 0 Å². The Balaban J connectivity index is 3.00. The van der Waals surface area contributed by atoms with E-state index in [4.69, 9.17) is 0 Å². The highest BCUT2D eigenvalue weighted by Crippen LogP contribution is 2.22. The Hall–Kier alpha value is -1.08. The third-order valence-electron chi connectivity index (χ3n) is 4.19. The lowest BCUT2D eigenvalue weighted by molar-refractivity contribution is 0.200. The topological polar surface area (TPSA) is 20.2 Å². The molecule has 0 spiro atoms. The van der Waals surface area contributed by atoms with E-state index < -0.39 is 0 Å². The van der Waals surface area contributed by atoms with Crippen LogP contribution in [0.3, 0.4) is 0 Å². The van der Waals surface area contributed by atoms with Crippen LogP contribution >= 0.6 is 0 Å². The molecule has 1 heteroatoms. The van der Waals surface area contributed by atoms with E-state index in [9.17, 15) is 5.11 Å². The molecule has 0 unspecified atom stereocenters. The Kier molecular flexibility index (Phi) is 7.74. The van der Waals surface area contributed by atoms with Gasteiger partial charge in [-0.05, 0) is 64.4 Å². The monoisotopic (exact) mass is 288 g/mol. The first-order chi connectivity index (χ1) is 9.90. The number of hydrogen-bond acceptors (Lipinski definition) is 1. The van der Waals surface area contributed by atoms with Crippen LogP contribution in [0.4, 0.5) is 0 Å². The molecule has 1 atom stereocenters. The van der Waals surface area contributed by atoms with Gasteiger partial charge in [0.2, 0.25) is 0 Å². The van der Waals surface area contributed by atoms with E-state index >= 15 is 0 Å². The van der Waals surface area contributed by atoms with Crippen molar-refractivity contribution in [2.24, 2.45) is 5.92 Å². The van der Waals surface area contributed by atoms with E-state index in [0.717, 1.165) is 37.7 Å². The minimum Gasteiger partial charge on any atom is -0.388 e. The molecule has 0 fully saturated rings. The Morgan fingerprint density at radius 3 is 2.10 bits per heavy atom. The van der Waals surface area contributed by atoms with Gasteiger partial charge in [0.1, 0.15) is 0 Å². The lowest BCUT2D eigenvalue weighted by atomic mass is 9.92. The molecule has 118 valence electrons. The number of hydrogen-bond donors (Lipinski definition) is 1. The zero-order valence-corrected chi connectivity index (χ0v) is 14.4. The quantitative estimate of drug-likeness (QED) is 0.611. The average Bonchev–Trinajstić information content (AvgIpc) is 2.37. The van der Waals surface area contributed by atoms with Gasteiger partial charge in [-0.3, -0.25) is 0 Å². The molecule has 0 saturated heterocycles. The predicted molar refractivity (Wildman–Crippen MR) is 93.3 cm³/mol. The van der Waals surface area contributed by atoms with Crippen LogP contribution in [0.25, 0.3) is 0 Å². The standard InChI is InChI=1S/C20H32O/c1-15(2)19-13-12-17(4)10-6-8-16(3)9-7-11-18(5)14-20(19)21/h8,11-13,15,20-21H,6-7,9-10,14H2,1-5H3/b16-8+,17-12-,18-11+,19-13-/t20-/m0/s1. The third-order valence-corrected chi connectivity index (χ3v) is 4.19. The summed E-state index contributed by atoms with van der Waals surface area (Å²) in [7, 11) is 0. The van der Waals surface area contributed by atoms with Gasteiger partial charge in [0.05, 0.1) is 6.10 Å². The van der Waals surface area contributed by atoms with Gasteiger partial charge in [-0.25, -0.2) is 0 Å². The predicted octanol–water partition coefficient (Wildman–Crippen LogP) is 5.73. The molecule has 0 radical (unpaired) electrons. The highest BCUT2D eigenvalue weighted by atomic mass is 16.3. The Bertz CT molecular complexity index is 446. The Labute approximate surface area is 131 Å². The van der Waals surface area contributed by atoms with Crippen molar-refractivity contribution in [3.05, 3.63) is 46.6 Å². The summed E-state index contributed by atoms with van der Waals surface area (Å²) in [5.41, 5.74) is 5.29. The molecule has 0 aromatic rings. The van der Waals surface area contributed by atoms with Gasteiger partial charge in [0.15, 0.2) is 0 Å². The van der Waals surface area contributed by atoms with Gasteiger partial charge in [-0.1, -0.05) is 54.9 Å². The summed E-state index contributed by atoms with van der Waals surface area (Å²) in [6, 6.07) is 0. The maximum Gasteiger partial charge on any atom is 0.0792 e. The fourth-order valence-electron chi connectivity index (χ4n) is 2.71. The molecule has 0 bridgehead atoms. The zero-order valence-electron chi connectivity index (χ0n) is 14.4. The Morgan fingerprint density at radius 2 is 1.48 bits per heavy atom. The van der Waals surface area contributed by atoms with Crippen molar-refractivity contribution in [1.29, 1.82) is 0 Å². The van der Waals surface area contributed by atoms with Crippen LogP contribution in [0.1, 0.15) is 66.7 Å². The number of allylic oxidation sites excluding steroid dienone is 6. The highest BCUT2D eigenvalue weighted by Gasteiger charge is 2.14. The molecule has 1 N–H and O–H groups in total. The molecular formula is C20H32O. The maximum absolute atomic E-state index is 10.5. The van der Waals surface area contributed by atoms with Crippen molar-refractivity contribution < 1.29 is 5.11 Å². The minimum atomic E-state index is -0.357. The van der Waals surface area contributed by atoms with Crippen LogP contribution in [-0.4, -0.2) is 11.2 Å². The van der Waals surface area contributed by atoms with Gasteiger partial charge in [0.25, 0.3) is 0 Å². The van der Waals surface area contributed by atoms with E-state index in [1.54, 1.807) is 0 Å². The van der Waals surface area contributed by atoms with Crippen molar-refractivity contribution >= 4 is 0 Å². The van der Waals surface area contributed by atoms with Crippen molar-refractivity contribution in [3.8, 4) is 0 Å². The second kappa shape index (κ2) is 9.04. The first-order valence-electron chi connectivity index (χ1n) is 8.26. The number of rotatable bonds is 1. The third kappa shape index (κ3) is 6.95. The summed E-state index contributed by atoms with van der Waals surface area (Å²) >= 11 is 0. The molecule has 1 aliphatic carbocycles. The first-order valence-corrected chi connectivity index (χ1v) is 8.26. The second-order valence-corrected chi connectivity index (χ2v) is 6.73. The summed E-state index contributed by atoms with van der Waals surface area (Å²) in [5.74, 6) is 0.381. The van der Waals surface area contributed by atoms with Gasteiger partial charge >= 0.3 is 0 Å². The van der Waals surface area contributed by atoms with Gasteiger partial charge < -0.3 is 5.11 Å². The van der Waals surface area contributed by atoms with Crippen molar-refractivity contribution in [2.45, 2.75) is 72.8 Å². The minimum absolute atomic E-state index is 0.357. The lowest BCUT2D eigenvalue weighted by Crippen LogP contribution is -2.15. The van der Waals surface area contributed by atoms with E-state index in [2.05, 4.69) is 58.9 Å². The molecule has 1 nitrogen and oxygen atoms in total. The van der Waals surface area contributed by atoms with Gasteiger partial charge in [-0.2, -0.15) is 0 Å². The summed E-state index contributed by atoms with van der Waals surface area (Å²) < 4.78 is 0. The van der Waals surface area contributed by atoms with Crippen LogP contribution in [0.15, 0.2) is 46.6 Å². The summed E-state index contributed by atoms with van der Waals surface area (Å²) in [4.78, 5) is 0. The fraction of sp³-hybridized carbons (Fsp3) is 0.600. The largest absolute Gasteiger partial charge is 0.388 e. The molecule has 0 amide bonds. The maximum atomic E-state index is 10.5. The molecule has 1 aliphatic rings. The first kappa shape index (κ1) is 18.0. The second-order valence-electron chi connectivity index (χ2n) is 6.73. The lowest BCUT2D eigenvalue weighted by Gasteiger charge is -2.19. The Morgan fingerprint density at radius 1 is 0.905 bits per heavy atom. The zero-order chi connectivity index (χ0) is 15.8. The summed E-state index contributed by atoms with van der Waals surface area (Å²) in [5, 5.41) is 10.5. The molecule has 0 saturated carbocycles. The van der Waals surface area contributed by atoms with E-state index in [1.807, 2.05) is 0 Å². The highest BCUT2D eigenvalue weighted by molar-refractivity contribution is 5.23. The smallest absolute Gasteiger partial charge is 0.0792 e. The summed E-state index contributed by atoms with van der Waals surface area (Å²) in [6.07, 6.45) is 13.8. The molecule has 0 aromatic heterocycles. The summed E-state index contributed by atoms with van der Waals surface area (Å²) in [6.45, 7) is 10.9. The number of aliphatic hydroxyl groups excluding tert-OH is 1.